The molecule has 2 aliphatic heterocycles. The van der Waals surface area contributed by atoms with E-state index in [-0.39, 0.29) is 6.04 Å². The number of hydrogen-bond donors (Lipinski definition) is 1. The van der Waals surface area contributed by atoms with E-state index in [0.717, 1.165) is 39.1 Å². The first kappa shape index (κ1) is 15.5. The van der Waals surface area contributed by atoms with Crippen LogP contribution in [0.15, 0.2) is 30.3 Å². The summed E-state index contributed by atoms with van der Waals surface area (Å²) >= 11 is 0. The SMILES string of the molecule is CC(C(=O)O)N1CCC2(CCCN(Cc3ccccc3)C2)C1. The molecule has 2 unspecified atom stereocenters. The van der Waals surface area contributed by atoms with E-state index in [2.05, 4.69) is 40.1 Å². The molecule has 4 heteroatoms. The van der Waals surface area contributed by atoms with Crippen LogP contribution in [-0.2, 0) is 11.3 Å². The number of hydrogen-bond acceptors (Lipinski definition) is 3. The highest BCUT2D eigenvalue weighted by Gasteiger charge is 2.43. The Hall–Kier alpha value is -1.39. The molecule has 0 aromatic heterocycles. The smallest absolute Gasteiger partial charge is 0.320 e. The molecule has 2 atom stereocenters. The van der Waals surface area contributed by atoms with Crippen molar-refractivity contribution in [3.63, 3.8) is 0 Å². The van der Waals surface area contributed by atoms with Crippen molar-refractivity contribution in [2.24, 2.45) is 5.41 Å². The lowest BCUT2D eigenvalue weighted by Crippen LogP contribution is -2.46. The molecule has 0 radical (unpaired) electrons. The molecule has 1 aromatic carbocycles. The van der Waals surface area contributed by atoms with Gasteiger partial charge in [-0.3, -0.25) is 14.6 Å². The van der Waals surface area contributed by atoms with Gasteiger partial charge < -0.3 is 5.11 Å². The molecule has 1 N–H and O–H groups in total. The van der Waals surface area contributed by atoms with Crippen LogP contribution >= 0.6 is 0 Å². The van der Waals surface area contributed by atoms with E-state index in [1.165, 1.54) is 18.4 Å². The van der Waals surface area contributed by atoms with Gasteiger partial charge in [0.05, 0.1) is 0 Å². The molecular formula is C18H26N2O2. The van der Waals surface area contributed by atoms with Crippen molar-refractivity contribution in [3.8, 4) is 0 Å². The highest BCUT2D eigenvalue weighted by atomic mass is 16.4. The maximum absolute atomic E-state index is 11.2. The summed E-state index contributed by atoms with van der Waals surface area (Å²) in [4.78, 5) is 15.9. The fourth-order valence-electron chi connectivity index (χ4n) is 4.08. The standard InChI is InChI=1S/C18H26N2O2/c1-15(17(21)22)20-11-9-18(14-20)8-5-10-19(13-18)12-16-6-3-2-4-7-16/h2-4,6-7,15H,5,8-14H2,1H3,(H,21,22). The second kappa shape index (κ2) is 6.39. The van der Waals surface area contributed by atoms with Crippen LogP contribution in [-0.4, -0.2) is 53.1 Å². The number of aliphatic carboxylic acids is 1. The molecule has 2 fully saturated rings. The van der Waals surface area contributed by atoms with E-state index in [4.69, 9.17) is 0 Å². The third-order valence-corrected chi connectivity index (χ3v) is 5.36. The Balaban J connectivity index is 1.62. The summed E-state index contributed by atoms with van der Waals surface area (Å²) in [5, 5.41) is 9.22. The molecule has 2 aliphatic rings. The summed E-state index contributed by atoms with van der Waals surface area (Å²) in [6.45, 7) is 6.94. The first-order chi connectivity index (χ1) is 10.6. The average Bonchev–Trinajstić information content (AvgIpc) is 2.91. The first-order valence-corrected chi connectivity index (χ1v) is 8.31. The van der Waals surface area contributed by atoms with Gasteiger partial charge >= 0.3 is 5.97 Å². The molecule has 2 saturated heterocycles. The van der Waals surface area contributed by atoms with Crippen LogP contribution in [0.2, 0.25) is 0 Å². The van der Waals surface area contributed by atoms with Crippen molar-refractivity contribution in [1.29, 1.82) is 0 Å². The van der Waals surface area contributed by atoms with Gasteiger partial charge in [0.1, 0.15) is 6.04 Å². The third-order valence-electron chi connectivity index (χ3n) is 5.36. The topological polar surface area (TPSA) is 43.8 Å². The number of benzene rings is 1. The van der Waals surface area contributed by atoms with Crippen molar-refractivity contribution in [1.82, 2.24) is 9.80 Å². The minimum absolute atomic E-state index is 0.302. The maximum Gasteiger partial charge on any atom is 0.320 e. The molecular weight excluding hydrogens is 276 g/mol. The number of rotatable bonds is 4. The van der Waals surface area contributed by atoms with Gasteiger partial charge in [-0.1, -0.05) is 30.3 Å². The average molecular weight is 302 g/mol. The zero-order valence-corrected chi connectivity index (χ0v) is 13.4. The Bertz CT molecular complexity index is 519. The van der Waals surface area contributed by atoms with Crippen LogP contribution in [0.3, 0.4) is 0 Å². The van der Waals surface area contributed by atoms with Crippen molar-refractivity contribution in [2.45, 2.75) is 38.8 Å². The van der Waals surface area contributed by atoms with Crippen molar-refractivity contribution in [3.05, 3.63) is 35.9 Å². The third kappa shape index (κ3) is 3.33. The number of piperidine rings is 1. The Labute approximate surface area is 132 Å². The minimum atomic E-state index is -0.700. The quantitative estimate of drug-likeness (QED) is 0.928. The predicted molar refractivity (Wildman–Crippen MR) is 86.7 cm³/mol. The first-order valence-electron chi connectivity index (χ1n) is 8.31. The molecule has 1 spiro atoms. The number of carboxylic acid groups (broad SMARTS) is 1. The summed E-state index contributed by atoms with van der Waals surface area (Å²) < 4.78 is 0. The van der Waals surface area contributed by atoms with E-state index in [1.54, 1.807) is 0 Å². The van der Waals surface area contributed by atoms with Crippen LogP contribution < -0.4 is 0 Å². The van der Waals surface area contributed by atoms with Gasteiger partial charge in [-0.05, 0) is 50.3 Å². The Morgan fingerprint density at radius 1 is 1.23 bits per heavy atom. The molecule has 0 amide bonds. The molecule has 2 heterocycles. The van der Waals surface area contributed by atoms with Crippen molar-refractivity contribution >= 4 is 5.97 Å². The van der Waals surface area contributed by atoms with Crippen LogP contribution in [0, 0.1) is 5.41 Å². The second-order valence-corrected chi connectivity index (χ2v) is 7.03. The number of carboxylic acids is 1. The van der Waals surface area contributed by atoms with Crippen LogP contribution in [0.1, 0.15) is 31.7 Å². The van der Waals surface area contributed by atoms with Gasteiger partial charge in [0.2, 0.25) is 0 Å². The highest BCUT2D eigenvalue weighted by Crippen LogP contribution is 2.40. The van der Waals surface area contributed by atoms with Gasteiger partial charge in [0.15, 0.2) is 0 Å². The number of likely N-dealkylation sites (tertiary alicyclic amines) is 2. The van der Waals surface area contributed by atoms with Gasteiger partial charge in [-0.25, -0.2) is 0 Å². The highest BCUT2D eigenvalue weighted by molar-refractivity contribution is 5.72. The number of carbonyl (C=O) groups is 1. The summed E-state index contributed by atoms with van der Waals surface area (Å²) in [5.41, 5.74) is 1.67. The van der Waals surface area contributed by atoms with Crippen LogP contribution in [0.25, 0.3) is 0 Å². The molecule has 4 nitrogen and oxygen atoms in total. The molecule has 0 aliphatic carbocycles. The van der Waals surface area contributed by atoms with E-state index in [0.29, 0.717) is 5.41 Å². The van der Waals surface area contributed by atoms with Gasteiger partial charge in [0.25, 0.3) is 0 Å². The second-order valence-electron chi connectivity index (χ2n) is 7.03. The number of nitrogens with zero attached hydrogens (tertiary/aromatic N) is 2. The summed E-state index contributed by atoms with van der Waals surface area (Å²) in [5.74, 6) is -0.700. The molecule has 1 aromatic rings. The zero-order chi connectivity index (χ0) is 15.6. The van der Waals surface area contributed by atoms with E-state index in [1.807, 2.05) is 6.92 Å². The monoisotopic (exact) mass is 302 g/mol. The lowest BCUT2D eigenvalue weighted by molar-refractivity contribution is -0.142. The zero-order valence-electron chi connectivity index (χ0n) is 13.4. The van der Waals surface area contributed by atoms with Crippen LogP contribution in [0.4, 0.5) is 0 Å². The predicted octanol–water partition coefficient (Wildman–Crippen LogP) is 2.45. The molecule has 0 saturated carbocycles. The van der Waals surface area contributed by atoms with Crippen molar-refractivity contribution < 1.29 is 9.90 Å². The lowest BCUT2D eigenvalue weighted by atomic mass is 9.79. The van der Waals surface area contributed by atoms with Gasteiger partial charge in [-0.15, -0.1) is 0 Å². The van der Waals surface area contributed by atoms with E-state index < -0.39 is 5.97 Å². The largest absolute Gasteiger partial charge is 0.480 e. The van der Waals surface area contributed by atoms with E-state index >= 15 is 0 Å². The normalized spacial score (nSPS) is 28.0. The fraction of sp³-hybridized carbons (Fsp3) is 0.611. The van der Waals surface area contributed by atoms with E-state index in [9.17, 15) is 9.90 Å². The van der Waals surface area contributed by atoms with Crippen LogP contribution in [0.5, 0.6) is 0 Å². The fourth-order valence-corrected chi connectivity index (χ4v) is 4.08. The summed E-state index contributed by atoms with van der Waals surface area (Å²) in [6.07, 6.45) is 3.60. The Morgan fingerprint density at radius 3 is 2.73 bits per heavy atom. The van der Waals surface area contributed by atoms with Crippen molar-refractivity contribution in [2.75, 3.05) is 26.2 Å². The Morgan fingerprint density at radius 2 is 2.00 bits per heavy atom. The maximum atomic E-state index is 11.2. The lowest BCUT2D eigenvalue weighted by Gasteiger charge is -2.41. The van der Waals surface area contributed by atoms with Gasteiger partial charge in [-0.2, -0.15) is 0 Å². The molecule has 3 rings (SSSR count). The Kier molecular flexibility index (Phi) is 4.50. The molecule has 0 bridgehead atoms. The molecule has 120 valence electrons. The molecule has 22 heavy (non-hydrogen) atoms. The van der Waals surface area contributed by atoms with Gasteiger partial charge in [0, 0.05) is 19.6 Å². The summed E-state index contributed by atoms with van der Waals surface area (Å²) in [7, 11) is 0. The summed E-state index contributed by atoms with van der Waals surface area (Å²) in [6, 6.07) is 10.3. The minimum Gasteiger partial charge on any atom is -0.480 e.